The number of carboxylic acid groups (broad SMARTS) is 1. The van der Waals surface area contributed by atoms with Gasteiger partial charge in [-0.15, -0.1) is 0 Å². The Kier molecular flexibility index (Phi) is 24.0. The van der Waals surface area contributed by atoms with E-state index in [1.54, 1.807) is 0 Å². The number of unbranched alkanes of at least 4 members (excludes halogenated alkanes) is 12. The third-order valence-electron chi connectivity index (χ3n) is 4.32. The van der Waals surface area contributed by atoms with Crippen molar-refractivity contribution < 1.29 is 19.4 Å². The highest BCUT2D eigenvalue weighted by atomic mass is 16.5. The fourth-order valence-electron chi connectivity index (χ4n) is 2.82. The third kappa shape index (κ3) is 29.9. The van der Waals surface area contributed by atoms with E-state index in [4.69, 9.17) is 9.84 Å². The second kappa shape index (κ2) is 23.0. The summed E-state index contributed by atoms with van der Waals surface area (Å²) in [5.41, 5.74) is 0. The lowest BCUT2D eigenvalue weighted by Gasteiger charge is -2.07. The van der Waals surface area contributed by atoms with E-state index in [2.05, 4.69) is 6.92 Å². The summed E-state index contributed by atoms with van der Waals surface area (Å²) in [4.78, 5) is 20.9. The van der Waals surface area contributed by atoms with Crippen molar-refractivity contribution >= 4 is 11.9 Å². The molecule has 0 aliphatic carbocycles. The van der Waals surface area contributed by atoms with Crippen LogP contribution in [-0.2, 0) is 14.3 Å². The smallest absolute Gasteiger partial charge is 0.306 e. The Hall–Kier alpha value is -1.06. The molecule has 0 amide bonds. The van der Waals surface area contributed by atoms with E-state index in [1.807, 2.05) is 20.8 Å². The van der Waals surface area contributed by atoms with Gasteiger partial charge in [0.25, 0.3) is 0 Å². The highest BCUT2D eigenvalue weighted by Crippen LogP contribution is 2.13. The molecule has 0 bridgehead atoms. The number of hydrogen-bond donors (Lipinski definition) is 1. The fraction of sp³-hybridized carbons (Fsp3) is 0.913. The minimum absolute atomic E-state index is 0.0273. The van der Waals surface area contributed by atoms with E-state index in [0.29, 0.717) is 12.8 Å². The molecule has 0 aliphatic heterocycles. The molecule has 1 N–H and O–H groups in total. The Morgan fingerprint density at radius 3 is 1.37 bits per heavy atom. The minimum atomic E-state index is -0.711. The van der Waals surface area contributed by atoms with Crippen molar-refractivity contribution in [2.24, 2.45) is 0 Å². The summed E-state index contributed by atoms with van der Waals surface area (Å²) in [5, 5.41) is 7.91. The minimum Gasteiger partial charge on any atom is -0.481 e. The van der Waals surface area contributed by atoms with Crippen molar-refractivity contribution in [1.82, 2.24) is 0 Å². The lowest BCUT2D eigenvalue weighted by molar-refractivity contribution is -0.147. The summed E-state index contributed by atoms with van der Waals surface area (Å²) >= 11 is 0. The second-order valence-electron chi connectivity index (χ2n) is 7.67. The SMILES string of the molecule is CCCC(=O)O.CCCCCCCCCCCCCCCC(=O)OC(C)C. The molecule has 0 saturated carbocycles. The van der Waals surface area contributed by atoms with Crippen LogP contribution in [0.15, 0.2) is 0 Å². The Morgan fingerprint density at radius 2 is 1.07 bits per heavy atom. The number of carboxylic acids is 1. The lowest BCUT2D eigenvalue weighted by Crippen LogP contribution is -2.10. The number of carbonyl (C=O) groups excluding carboxylic acids is 1. The molecule has 0 aromatic carbocycles. The molecule has 0 rings (SSSR count). The van der Waals surface area contributed by atoms with Gasteiger partial charge in [0.15, 0.2) is 0 Å². The maximum absolute atomic E-state index is 11.3. The van der Waals surface area contributed by atoms with Crippen molar-refractivity contribution in [1.29, 1.82) is 0 Å². The summed E-state index contributed by atoms with van der Waals surface area (Å²) < 4.78 is 5.12. The van der Waals surface area contributed by atoms with Crippen LogP contribution < -0.4 is 0 Å². The standard InChI is InChI=1S/C19H38O2.C4H8O2/c1-4-5-6-7-8-9-10-11-12-13-14-15-16-17-19(20)21-18(2)3;1-2-3-4(5)6/h18H,4-17H2,1-3H3;2-3H2,1H3,(H,5,6). The van der Waals surface area contributed by atoms with Crippen LogP contribution in [0.25, 0.3) is 0 Å². The highest BCUT2D eigenvalue weighted by molar-refractivity contribution is 5.69. The second-order valence-corrected chi connectivity index (χ2v) is 7.67. The maximum atomic E-state index is 11.3. The van der Waals surface area contributed by atoms with Gasteiger partial charge < -0.3 is 9.84 Å². The highest BCUT2D eigenvalue weighted by Gasteiger charge is 2.04. The Bertz CT molecular complexity index is 326. The largest absolute Gasteiger partial charge is 0.481 e. The molecule has 4 nitrogen and oxygen atoms in total. The van der Waals surface area contributed by atoms with Gasteiger partial charge in [0.1, 0.15) is 0 Å². The zero-order valence-corrected chi connectivity index (χ0v) is 18.6. The molecule has 0 aromatic heterocycles. The zero-order valence-electron chi connectivity index (χ0n) is 18.6. The molecular weight excluding hydrogens is 340 g/mol. The topological polar surface area (TPSA) is 63.6 Å². The first-order chi connectivity index (χ1) is 12.9. The molecule has 0 spiro atoms. The average molecular weight is 387 g/mol. The Labute approximate surface area is 168 Å². The predicted molar refractivity (Wildman–Crippen MR) is 114 cm³/mol. The first kappa shape index (κ1) is 28.2. The van der Waals surface area contributed by atoms with Gasteiger partial charge in [-0.3, -0.25) is 9.59 Å². The molecule has 0 heterocycles. The van der Waals surface area contributed by atoms with Crippen LogP contribution in [0.3, 0.4) is 0 Å². The van der Waals surface area contributed by atoms with Crippen LogP contribution in [0.1, 0.15) is 130 Å². The van der Waals surface area contributed by atoms with Crippen LogP contribution >= 0.6 is 0 Å². The molecule has 0 aromatic rings. The van der Waals surface area contributed by atoms with Crippen LogP contribution in [0.2, 0.25) is 0 Å². The van der Waals surface area contributed by atoms with Crippen molar-refractivity contribution in [3.8, 4) is 0 Å². The predicted octanol–water partition coefficient (Wildman–Crippen LogP) is 7.29. The van der Waals surface area contributed by atoms with E-state index < -0.39 is 5.97 Å². The van der Waals surface area contributed by atoms with Gasteiger partial charge in [-0.05, 0) is 26.7 Å². The molecule has 0 fully saturated rings. The third-order valence-corrected chi connectivity index (χ3v) is 4.32. The van der Waals surface area contributed by atoms with E-state index in [1.165, 1.54) is 77.0 Å². The van der Waals surface area contributed by atoms with Gasteiger partial charge in [0.2, 0.25) is 0 Å². The van der Waals surface area contributed by atoms with Gasteiger partial charge in [0, 0.05) is 12.8 Å². The molecule has 0 atom stereocenters. The lowest BCUT2D eigenvalue weighted by atomic mass is 10.0. The quantitative estimate of drug-likeness (QED) is 0.210. The van der Waals surface area contributed by atoms with Crippen molar-refractivity contribution in [2.45, 2.75) is 137 Å². The van der Waals surface area contributed by atoms with Gasteiger partial charge in [-0.1, -0.05) is 90.9 Å². The van der Waals surface area contributed by atoms with Crippen LogP contribution in [0.5, 0.6) is 0 Å². The first-order valence-electron chi connectivity index (χ1n) is 11.3. The van der Waals surface area contributed by atoms with E-state index in [9.17, 15) is 9.59 Å². The molecule has 0 radical (unpaired) electrons. The van der Waals surface area contributed by atoms with Gasteiger partial charge >= 0.3 is 11.9 Å². The van der Waals surface area contributed by atoms with Crippen LogP contribution in [-0.4, -0.2) is 23.1 Å². The van der Waals surface area contributed by atoms with Crippen LogP contribution in [0, 0.1) is 0 Å². The summed E-state index contributed by atoms with van der Waals surface area (Å²) in [5.74, 6) is -0.745. The number of esters is 1. The Morgan fingerprint density at radius 1 is 0.667 bits per heavy atom. The number of ether oxygens (including phenoxy) is 1. The molecule has 162 valence electrons. The summed E-state index contributed by atoms with van der Waals surface area (Å²) in [6, 6.07) is 0. The number of aliphatic carboxylic acids is 1. The average Bonchev–Trinajstić information content (AvgIpc) is 2.59. The van der Waals surface area contributed by atoms with Crippen molar-refractivity contribution in [2.75, 3.05) is 0 Å². The van der Waals surface area contributed by atoms with E-state index >= 15 is 0 Å². The number of hydrogen-bond acceptors (Lipinski definition) is 3. The monoisotopic (exact) mass is 386 g/mol. The summed E-state index contributed by atoms with van der Waals surface area (Å²) in [6.07, 6.45) is 19.0. The first-order valence-corrected chi connectivity index (χ1v) is 11.3. The molecule has 0 saturated heterocycles. The summed E-state index contributed by atoms with van der Waals surface area (Å²) in [7, 11) is 0. The van der Waals surface area contributed by atoms with E-state index in [-0.39, 0.29) is 12.1 Å². The van der Waals surface area contributed by atoms with Gasteiger partial charge in [-0.2, -0.15) is 0 Å². The summed E-state index contributed by atoms with van der Waals surface area (Å²) in [6.45, 7) is 7.92. The molecule has 4 heteroatoms. The Balaban J connectivity index is 0. The molecule has 27 heavy (non-hydrogen) atoms. The van der Waals surface area contributed by atoms with E-state index in [0.717, 1.165) is 12.8 Å². The number of carbonyl (C=O) groups is 2. The maximum Gasteiger partial charge on any atom is 0.306 e. The van der Waals surface area contributed by atoms with Gasteiger partial charge in [0.05, 0.1) is 6.10 Å². The fourth-order valence-corrected chi connectivity index (χ4v) is 2.82. The zero-order chi connectivity index (χ0) is 20.8. The van der Waals surface area contributed by atoms with Crippen molar-refractivity contribution in [3.05, 3.63) is 0 Å². The van der Waals surface area contributed by atoms with Crippen molar-refractivity contribution in [3.63, 3.8) is 0 Å². The molecular formula is C23H46O4. The van der Waals surface area contributed by atoms with Crippen LogP contribution in [0.4, 0.5) is 0 Å². The number of rotatable bonds is 17. The van der Waals surface area contributed by atoms with Gasteiger partial charge in [-0.25, -0.2) is 0 Å². The normalized spacial score (nSPS) is 10.4. The molecule has 0 aliphatic rings. The molecule has 0 unspecified atom stereocenters.